The highest BCUT2D eigenvalue weighted by Gasteiger charge is 2.24. The van der Waals surface area contributed by atoms with Gasteiger partial charge in [-0.25, -0.2) is 4.98 Å². The number of anilines is 1. The molecule has 1 N–H and O–H groups in total. The zero-order valence-electron chi connectivity index (χ0n) is 10.8. The molecule has 1 aromatic heterocycles. The zero-order valence-corrected chi connectivity index (χ0v) is 11.6. The van der Waals surface area contributed by atoms with Crippen LogP contribution in [0.25, 0.3) is 0 Å². The predicted octanol–water partition coefficient (Wildman–Crippen LogP) is 2.83. The summed E-state index contributed by atoms with van der Waals surface area (Å²) >= 11 is 6.33. The third kappa shape index (κ3) is 3.15. The number of hydrogen-bond acceptors (Lipinski definition) is 3. The molecule has 0 bridgehead atoms. The molecule has 98 valence electrons. The van der Waals surface area contributed by atoms with E-state index in [1.165, 1.54) is 31.2 Å². The minimum absolute atomic E-state index is 0.723. The van der Waals surface area contributed by atoms with Gasteiger partial charge in [-0.1, -0.05) is 11.6 Å². The van der Waals surface area contributed by atoms with Crippen molar-refractivity contribution in [1.29, 1.82) is 0 Å². The molecule has 2 aliphatic rings. The monoisotopic (exact) mass is 265 g/mol. The van der Waals surface area contributed by atoms with E-state index in [-0.39, 0.29) is 0 Å². The van der Waals surface area contributed by atoms with E-state index in [1.54, 1.807) is 0 Å². The van der Waals surface area contributed by atoms with E-state index in [0.29, 0.717) is 0 Å². The summed E-state index contributed by atoms with van der Waals surface area (Å²) in [5, 5.41) is 4.25. The molecule has 0 atom stereocenters. The van der Waals surface area contributed by atoms with E-state index in [1.807, 2.05) is 12.3 Å². The van der Waals surface area contributed by atoms with Gasteiger partial charge in [0.05, 0.1) is 5.02 Å². The molecule has 3 rings (SSSR count). The summed E-state index contributed by atoms with van der Waals surface area (Å²) in [6, 6.07) is 2.77. The molecule has 2 saturated carbocycles. The molecule has 0 aromatic carbocycles. The number of halogens is 1. The summed E-state index contributed by atoms with van der Waals surface area (Å²) in [4.78, 5) is 6.69. The third-order valence-corrected chi connectivity index (χ3v) is 3.92. The molecule has 18 heavy (non-hydrogen) atoms. The molecule has 0 unspecified atom stereocenters. The van der Waals surface area contributed by atoms with Crippen molar-refractivity contribution in [3.05, 3.63) is 22.8 Å². The summed E-state index contributed by atoms with van der Waals surface area (Å²) in [5.74, 6) is 1.77. The van der Waals surface area contributed by atoms with Crippen molar-refractivity contribution >= 4 is 17.4 Å². The normalized spacial score (nSPS) is 19.0. The number of hydrogen-bond donors (Lipinski definition) is 1. The van der Waals surface area contributed by atoms with E-state index in [0.717, 1.165) is 35.9 Å². The van der Waals surface area contributed by atoms with Crippen LogP contribution >= 0.6 is 11.6 Å². The van der Waals surface area contributed by atoms with Crippen molar-refractivity contribution in [2.24, 2.45) is 5.92 Å². The highest BCUT2D eigenvalue weighted by Crippen LogP contribution is 2.32. The molecule has 1 heterocycles. The number of nitrogens with zero attached hydrogens (tertiary/aromatic N) is 2. The molecule has 2 fully saturated rings. The second-order valence-corrected chi connectivity index (χ2v) is 6.04. The van der Waals surface area contributed by atoms with Gasteiger partial charge < -0.3 is 10.2 Å². The van der Waals surface area contributed by atoms with Crippen LogP contribution in [-0.4, -0.2) is 24.6 Å². The fraction of sp³-hybridized carbons (Fsp3) is 0.643. The number of aromatic nitrogens is 1. The molecular weight excluding hydrogens is 246 g/mol. The molecule has 1 aromatic rings. The van der Waals surface area contributed by atoms with Gasteiger partial charge >= 0.3 is 0 Å². The Morgan fingerprint density at radius 1 is 1.39 bits per heavy atom. The van der Waals surface area contributed by atoms with Gasteiger partial charge in [0.15, 0.2) is 0 Å². The van der Waals surface area contributed by atoms with Gasteiger partial charge in [-0.2, -0.15) is 0 Å². The average molecular weight is 266 g/mol. The van der Waals surface area contributed by atoms with Crippen LogP contribution in [0.5, 0.6) is 0 Å². The van der Waals surface area contributed by atoms with Crippen LogP contribution in [0.3, 0.4) is 0 Å². The molecule has 0 amide bonds. The second-order valence-electron chi connectivity index (χ2n) is 5.63. The highest BCUT2D eigenvalue weighted by atomic mass is 35.5. The number of pyridine rings is 1. The van der Waals surface area contributed by atoms with Crippen LogP contribution in [-0.2, 0) is 6.54 Å². The molecule has 0 radical (unpaired) electrons. The summed E-state index contributed by atoms with van der Waals surface area (Å²) in [7, 11) is 2.08. The van der Waals surface area contributed by atoms with E-state index in [9.17, 15) is 0 Å². The fourth-order valence-electron chi connectivity index (χ4n) is 2.17. The number of nitrogens with one attached hydrogen (secondary N) is 1. The Kier molecular flexibility index (Phi) is 3.44. The first kappa shape index (κ1) is 12.2. The summed E-state index contributed by atoms with van der Waals surface area (Å²) in [6.07, 6.45) is 7.27. The average Bonchev–Trinajstić information content (AvgIpc) is 3.21. The van der Waals surface area contributed by atoms with E-state index < -0.39 is 0 Å². The lowest BCUT2D eigenvalue weighted by atomic mass is 10.2. The minimum Gasteiger partial charge on any atom is -0.358 e. The lowest BCUT2D eigenvalue weighted by molar-refractivity contribution is 0.685. The largest absolute Gasteiger partial charge is 0.358 e. The minimum atomic E-state index is 0.723. The molecule has 2 aliphatic carbocycles. The van der Waals surface area contributed by atoms with Crippen molar-refractivity contribution < 1.29 is 0 Å². The Balaban J connectivity index is 1.62. The standard InChI is InChI=1S/C14H20ClN3/c1-18(9-10-2-3-10)14-13(15)6-11(8-17-14)7-16-12-4-5-12/h6,8,10,12,16H,2-5,7,9H2,1H3. The Labute approximate surface area is 114 Å². The van der Waals surface area contributed by atoms with Crippen LogP contribution in [0.4, 0.5) is 5.82 Å². The van der Waals surface area contributed by atoms with Crippen molar-refractivity contribution in [2.45, 2.75) is 38.3 Å². The predicted molar refractivity (Wildman–Crippen MR) is 75.1 cm³/mol. The van der Waals surface area contributed by atoms with Crippen molar-refractivity contribution in [3.8, 4) is 0 Å². The summed E-state index contributed by atoms with van der Waals surface area (Å²) in [6.45, 7) is 1.95. The summed E-state index contributed by atoms with van der Waals surface area (Å²) in [5.41, 5.74) is 1.18. The SMILES string of the molecule is CN(CC1CC1)c1ncc(CNC2CC2)cc1Cl. The maximum absolute atomic E-state index is 6.33. The van der Waals surface area contributed by atoms with Crippen LogP contribution in [0.2, 0.25) is 5.02 Å². The number of rotatable bonds is 6. The lowest BCUT2D eigenvalue weighted by Crippen LogP contribution is -2.22. The molecular formula is C14H20ClN3. The van der Waals surface area contributed by atoms with Crippen LogP contribution in [0, 0.1) is 5.92 Å². The lowest BCUT2D eigenvalue weighted by Gasteiger charge is -2.19. The molecule has 0 aliphatic heterocycles. The maximum atomic E-state index is 6.33. The highest BCUT2D eigenvalue weighted by molar-refractivity contribution is 6.33. The first-order chi connectivity index (χ1) is 8.72. The molecule has 0 saturated heterocycles. The fourth-order valence-corrected chi connectivity index (χ4v) is 2.50. The van der Waals surface area contributed by atoms with Gasteiger partial charge in [-0.15, -0.1) is 0 Å². The Morgan fingerprint density at radius 3 is 2.78 bits per heavy atom. The van der Waals surface area contributed by atoms with Crippen molar-refractivity contribution in [2.75, 3.05) is 18.5 Å². The maximum Gasteiger partial charge on any atom is 0.147 e. The van der Waals surface area contributed by atoms with Gasteiger partial charge in [0.25, 0.3) is 0 Å². The van der Waals surface area contributed by atoms with Gasteiger partial charge in [0.2, 0.25) is 0 Å². The van der Waals surface area contributed by atoms with Crippen molar-refractivity contribution in [1.82, 2.24) is 10.3 Å². The van der Waals surface area contributed by atoms with Crippen molar-refractivity contribution in [3.63, 3.8) is 0 Å². The van der Waals surface area contributed by atoms with Crippen LogP contribution < -0.4 is 10.2 Å². The quantitative estimate of drug-likeness (QED) is 0.857. The Hall–Kier alpha value is -0.800. The van der Waals surface area contributed by atoms with Crippen LogP contribution in [0.15, 0.2) is 12.3 Å². The van der Waals surface area contributed by atoms with E-state index in [2.05, 4.69) is 22.2 Å². The first-order valence-electron chi connectivity index (χ1n) is 6.81. The van der Waals surface area contributed by atoms with Gasteiger partial charge in [0.1, 0.15) is 5.82 Å². The smallest absolute Gasteiger partial charge is 0.147 e. The molecule has 0 spiro atoms. The third-order valence-electron chi connectivity index (χ3n) is 3.64. The Bertz CT molecular complexity index is 427. The zero-order chi connectivity index (χ0) is 12.5. The van der Waals surface area contributed by atoms with Crippen LogP contribution in [0.1, 0.15) is 31.2 Å². The first-order valence-corrected chi connectivity index (χ1v) is 7.19. The van der Waals surface area contributed by atoms with Gasteiger partial charge in [0, 0.05) is 32.4 Å². The van der Waals surface area contributed by atoms with Gasteiger partial charge in [-0.05, 0) is 43.2 Å². The molecule has 4 heteroatoms. The molecule has 3 nitrogen and oxygen atoms in total. The second kappa shape index (κ2) is 5.06. The van der Waals surface area contributed by atoms with E-state index >= 15 is 0 Å². The topological polar surface area (TPSA) is 28.2 Å². The van der Waals surface area contributed by atoms with E-state index in [4.69, 9.17) is 11.6 Å². The Morgan fingerprint density at radius 2 is 2.17 bits per heavy atom. The summed E-state index contributed by atoms with van der Waals surface area (Å²) < 4.78 is 0. The van der Waals surface area contributed by atoms with Gasteiger partial charge in [-0.3, -0.25) is 0 Å².